The second-order valence-corrected chi connectivity index (χ2v) is 4.79. The van der Waals surface area contributed by atoms with Crippen molar-refractivity contribution in [2.45, 2.75) is 19.0 Å². The molecule has 0 aliphatic heterocycles. The van der Waals surface area contributed by atoms with Gasteiger partial charge >= 0.3 is 5.69 Å². The van der Waals surface area contributed by atoms with Gasteiger partial charge in [0.25, 0.3) is 0 Å². The zero-order valence-corrected chi connectivity index (χ0v) is 11.9. The Bertz CT molecular complexity index is 641. The largest absolute Gasteiger partial charge is 0.354 e. The Balaban J connectivity index is 1.75. The molecule has 0 saturated heterocycles. The number of nitrogens with zero attached hydrogens (tertiary/aromatic N) is 3. The minimum atomic E-state index is -0.525. The van der Waals surface area contributed by atoms with Crippen LogP contribution in [0, 0.1) is 10.1 Å². The summed E-state index contributed by atoms with van der Waals surface area (Å²) in [7, 11) is 0. The third-order valence-electron chi connectivity index (χ3n) is 3.15. The lowest BCUT2D eigenvalue weighted by Gasteiger charge is -2.13. The van der Waals surface area contributed by atoms with E-state index in [1.165, 1.54) is 10.9 Å². The van der Waals surface area contributed by atoms with Crippen molar-refractivity contribution < 1.29 is 9.72 Å². The second-order valence-electron chi connectivity index (χ2n) is 4.79. The average molecular weight is 303 g/mol. The predicted octanol–water partition coefficient (Wildman–Crippen LogP) is 0.998. The van der Waals surface area contributed by atoms with E-state index in [0.717, 1.165) is 11.8 Å². The van der Waals surface area contributed by atoms with Crippen molar-refractivity contribution in [3.8, 4) is 0 Å². The van der Waals surface area contributed by atoms with Gasteiger partial charge in [0.15, 0.2) is 0 Å². The number of hydrogen-bond donors (Lipinski definition) is 2. The predicted molar refractivity (Wildman–Crippen MR) is 79.9 cm³/mol. The molecule has 0 aliphatic carbocycles. The molecule has 8 nitrogen and oxygen atoms in total. The second kappa shape index (κ2) is 7.32. The fraction of sp³-hybridized carbons (Fsp3) is 0.286. The van der Waals surface area contributed by atoms with Gasteiger partial charge in [-0.2, -0.15) is 5.10 Å². The number of aryl methyl sites for hydroxylation is 1. The molecule has 1 aromatic carbocycles. The zero-order chi connectivity index (χ0) is 15.9. The summed E-state index contributed by atoms with van der Waals surface area (Å²) in [6, 6.07) is 9.22. The molecule has 1 unspecified atom stereocenters. The maximum atomic E-state index is 11.8. The lowest BCUT2D eigenvalue weighted by molar-refractivity contribution is -0.385. The van der Waals surface area contributed by atoms with Crippen molar-refractivity contribution in [3.63, 3.8) is 0 Å². The fourth-order valence-corrected chi connectivity index (χ4v) is 1.92. The Hall–Kier alpha value is -2.74. The van der Waals surface area contributed by atoms with Crippen molar-refractivity contribution in [1.29, 1.82) is 0 Å². The van der Waals surface area contributed by atoms with Gasteiger partial charge in [-0.15, -0.1) is 0 Å². The van der Waals surface area contributed by atoms with Gasteiger partial charge in [-0.05, 0) is 5.56 Å². The SMILES string of the molecule is NC(CNC(=O)CCn1cc([N+](=O)[O-])cn1)c1ccccc1. The molecular formula is C14H17N5O3. The zero-order valence-electron chi connectivity index (χ0n) is 11.9. The van der Waals surface area contributed by atoms with E-state index in [1.807, 2.05) is 30.3 Å². The van der Waals surface area contributed by atoms with E-state index in [-0.39, 0.29) is 30.6 Å². The van der Waals surface area contributed by atoms with E-state index in [2.05, 4.69) is 10.4 Å². The van der Waals surface area contributed by atoms with Crippen molar-refractivity contribution in [2.75, 3.05) is 6.54 Å². The minimum Gasteiger partial charge on any atom is -0.354 e. The lowest BCUT2D eigenvalue weighted by Crippen LogP contribution is -2.32. The van der Waals surface area contributed by atoms with E-state index in [4.69, 9.17) is 5.73 Å². The van der Waals surface area contributed by atoms with Crippen LogP contribution in [-0.4, -0.2) is 27.2 Å². The highest BCUT2D eigenvalue weighted by Crippen LogP contribution is 2.09. The molecule has 0 saturated carbocycles. The van der Waals surface area contributed by atoms with Gasteiger partial charge in [-0.1, -0.05) is 30.3 Å². The number of rotatable bonds is 7. The summed E-state index contributed by atoms with van der Waals surface area (Å²) in [5, 5.41) is 17.1. The Morgan fingerprint density at radius 2 is 2.14 bits per heavy atom. The maximum Gasteiger partial charge on any atom is 0.306 e. The van der Waals surface area contributed by atoms with Crippen molar-refractivity contribution in [3.05, 3.63) is 58.4 Å². The van der Waals surface area contributed by atoms with Gasteiger partial charge in [0, 0.05) is 25.6 Å². The molecule has 0 fully saturated rings. The molecular weight excluding hydrogens is 286 g/mol. The number of nitrogens with two attached hydrogens (primary N) is 1. The Kier molecular flexibility index (Phi) is 5.21. The van der Waals surface area contributed by atoms with E-state index < -0.39 is 4.92 Å². The van der Waals surface area contributed by atoms with Crippen molar-refractivity contribution >= 4 is 11.6 Å². The first-order chi connectivity index (χ1) is 10.6. The van der Waals surface area contributed by atoms with Gasteiger partial charge in [-0.3, -0.25) is 19.6 Å². The summed E-state index contributed by atoms with van der Waals surface area (Å²) in [5.74, 6) is -0.176. The minimum absolute atomic E-state index is 0.0912. The van der Waals surface area contributed by atoms with Gasteiger partial charge in [0.1, 0.15) is 12.4 Å². The first-order valence-electron chi connectivity index (χ1n) is 6.80. The Morgan fingerprint density at radius 1 is 1.41 bits per heavy atom. The summed E-state index contributed by atoms with van der Waals surface area (Å²) in [5.41, 5.74) is 6.84. The van der Waals surface area contributed by atoms with Crippen LogP contribution >= 0.6 is 0 Å². The van der Waals surface area contributed by atoms with E-state index in [0.29, 0.717) is 6.54 Å². The smallest absolute Gasteiger partial charge is 0.306 e. The monoisotopic (exact) mass is 303 g/mol. The van der Waals surface area contributed by atoms with Gasteiger partial charge in [-0.25, -0.2) is 0 Å². The maximum absolute atomic E-state index is 11.8. The highest BCUT2D eigenvalue weighted by Gasteiger charge is 2.11. The van der Waals surface area contributed by atoms with Crippen molar-refractivity contribution in [1.82, 2.24) is 15.1 Å². The number of hydrogen-bond acceptors (Lipinski definition) is 5. The first-order valence-corrected chi connectivity index (χ1v) is 6.80. The first kappa shape index (κ1) is 15.6. The van der Waals surface area contributed by atoms with Crippen LogP contribution in [0.5, 0.6) is 0 Å². The van der Waals surface area contributed by atoms with Gasteiger partial charge < -0.3 is 11.1 Å². The molecule has 8 heteroatoms. The molecule has 0 bridgehead atoms. The molecule has 0 spiro atoms. The molecule has 1 heterocycles. The Morgan fingerprint density at radius 3 is 2.77 bits per heavy atom. The van der Waals surface area contributed by atoms with E-state index in [1.54, 1.807) is 0 Å². The summed E-state index contributed by atoms with van der Waals surface area (Å²) < 4.78 is 1.37. The quantitative estimate of drug-likeness (QED) is 0.584. The molecule has 1 amide bonds. The number of nitro groups is 1. The highest BCUT2D eigenvalue weighted by atomic mass is 16.6. The molecule has 2 aromatic rings. The molecule has 0 aliphatic rings. The number of carbonyl (C=O) groups is 1. The molecule has 0 radical (unpaired) electrons. The molecule has 22 heavy (non-hydrogen) atoms. The summed E-state index contributed by atoms with van der Waals surface area (Å²) in [6.07, 6.45) is 2.63. The van der Waals surface area contributed by atoms with E-state index >= 15 is 0 Å². The number of nitrogens with one attached hydrogen (secondary N) is 1. The van der Waals surface area contributed by atoms with E-state index in [9.17, 15) is 14.9 Å². The standard InChI is InChI=1S/C14H17N5O3/c15-13(11-4-2-1-3-5-11)9-16-14(20)6-7-18-10-12(8-17-18)19(21)22/h1-5,8,10,13H,6-7,9,15H2,(H,16,20). The number of aromatic nitrogens is 2. The topological polar surface area (TPSA) is 116 Å². The molecule has 1 atom stereocenters. The van der Waals surface area contributed by atoms with Crippen molar-refractivity contribution in [2.24, 2.45) is 5.73 Å². The summed E-state index contributed by atoms with van der Waals surface area (Å²) in [6.45, 7) is 0.613. The highest BCUT2D eigenvalue weighted by molar-refractivity contribution is 5.75. The third-order valence-corrected chi connectivity index (χ3v) is 3.15. The molecule has 3 N–H and O–H groups in total. The van der Waals surface area contributed by atoms with Gasteiger partial charge in [0.2, 0.25) is 5.91 Å². The number of benzene rings is 1. The number of carbonyl (C=O) groups excluding carboxylic acids is 1. The fourth-order valence-electron chi connectivity index (χ4n) is 1.92. The van der Waals surface area contributed by atoms with Crippen LogP contribution in [0.15, 0.2) is 42.7 Å². The molecule has 116 valence electrons. The van der Waals surface area contributed by atoms with Crippen LogP contribution in [0.1, 0.15) is 18.0 Å². The lowest BCUT2D eigenvalue weighted by atomic mass is 10.1. The van der Waals surface area contributed by atoms with Crippen LogP contribution < -0.4 is 11.1 Å². The Labute approximate surface area is 127 Å². The number of amides is 1. The van der Waals surface area contributed by atoms with Crippen LogP contribution in [0.2, 0.25) is 0 Å². The molecule has 2 rings (SSSR count). The molecule has 1 aromatic heterocycles. The third kappa shape index (κ3) is 4.38. The summed E-state index contributed by atoms with van der Waals surface area (Å²) >= 11 is 0. The average Bonchev–Trinajstić information content (AvgIpc) is 3.00. The normalized spacial score (nSPS) is 11.9. The van der Waals surface area contributed by atoms with Crippen LogP contribution in [0.4, 0.5) is 5.69 Å². The van der Waals surface area contributed by atoms with Gasteiger partial charge in [0.05, 0.1) is 4.92 Å². The van der Waals surface area contributed by atoms with Crippen LogP contribution in [-0.2, 0) is 11.3 Å². The summed E-state index contributed by atoms with van der Waals surface area (Å²) in [4.78, 5) is 21.7. The van der Waals surface area contributed by atoms with Crippen LogP contribution in [0.25, 0.3) is 0 Å². The van der Waals surface area contributed by atoms with Crippen LogP contribution in [0.3, 0.4) is 0 Å².